The molecule has 1 aliphatic carbocycles. The molecule has 0 aromatic rings. The van der Waals surface area contributed by atoms with Crippen molar-refractivity contribution in [3.8, 4) is 0 Å². The second-order valence-corrected chi connectivity index (χ2v) is 11.4. The van der Waals surface area contributed by atoms with Crippen LogP contribution in [0.3, 0.4) is 0 Å². The number of aliphatic hydroxyl groups is 1. The molecule has 0 amide bonds. The lowest BCUT2D eigenvalue weighted by Gasteiger charge is -2.30. The lowest BCUT2D eigenvalue weighted by Crippen LogP contribution is -2.31. The minimum atomic E-state index is -0.445. The smallest absolute Gasteiger partial charge is 0.305 e. The largest absolute Gasteiger partial charge is 0.469 e. The van der Waals surface area contributed by atoms with Crippen LogP contribution in [0.2, 0.25) is 0 Å². The molecule has 1 N–H and O–H groups in total. The minimum Gasteiger partial charge on any atom is -0.469 e. The molecule has 222 valence electrons. The van der Waals surface area contributed by atoms with Gasteiger partial charge in [0.1, 0.15) is 0 Å². The van der Waals surface area contributed by atoms with Gasteiger partial charge in [-0.1, -0.05) is 36.0 Å². The number of methoxy groups -OCH3 is 1. The number of hydrogen-bond acceptors (Lipinski definition) is 7. The van der Waals surface area contributed by atoms with Crippen molar-refractivity contribution >= 4 is 5.97 Å². The third-order valence-corrected chi connectivity index (χ3v) is 7.93. The average molecular weight is 549 g/mol. The molecule has 2 heterocycles. The number of ether oxygens (including phenoxy) is 5. The molecule has 0 radical (unpaired) electrons. The van der Waals surface area contributed by atoms with Crippen molar-refractivity contribution in [2.75, 3.05) is 20.3 Å². The number of carbonyl (C=O) groups is 1. The zero-order valence-corrected chi connectivity index (χ0v) is 24.4. The summed E-state index contributed by atoms with van der Waals surface area (Å²) in [6, 6.07) is 0. The van der Waals surface area contributed by atoms with Crippen LogP contribution in [0.5, 0.6) is 0 Å². The lowest BCUT2D eigenvalue weighted by atomic mass is 9.89. The molecule has 7 atom stereocenters. The van der Waals surface area contributed by atoms with Crippen molar-refractivity contribution in [1.29, 1.82) is 0 Å². The number of allylic oxidation sites excluding steroid dienone is 4. The Morgan fingerprint density at radius 1 is 1.03 bits per heavy atom. The van der Waals surface area contributed by atoms with E-state index in [0.29, 0.717) is 12.8 Å². The van der Waals surface area contributed by atoms with Crippen LogP contribution in [0.15, 0.2) is 36.0 Å². The number of esters is 1. The molecule has 0 aromatic carbocycles. The summed E-state index contributed by atoms with van der Waals surface area (Å²) < 4.78 is 29.4. The van der Waals surface area contributed by atoms with E-state index in [1.807, 2.05) is 0 Å². The Balaban J connectivity index is 1.68. The first-order valence-electron chi connectivity index (χ1n) is 15.2. The van der Waals surface area contributed by atoms with Crippen LogP contribution in [0.25, 0.3) is 0 Å². The fraction of sp³-hybridized carbons (Fsp3) is 0.781. The Hall–Kier alpha value is -1.51. The van der Waals surface area contributed by atoms with Crippen LogP contribution in [0.1, 0.15) is 97.3 Å². The Kier molecular flexibility index (Phi) is 14.8. The molecule has 3 aliphatic rings. The van der Waals surface area contributed by atoms with Crippen molar-refractivity contribution in [3.63, 3.8) is 0 Å². The predicted molar refractivity (Wildman–Crippen MR) is 152 cm³/mol. The Labute approximate surface area is 235 Å². The lowest BCUT2D eigenvalue weighted by molar-refractivity contribution is -0.193. The summed E-state index contributed by atoms with van der Waals surface area (Å²) in [4.78, 5) is 11.4. The van der Waals surface area contributed by atoms with E-state index >= 15 is 0 Å². The van der Waals surface area contributed by atoms with Crippen molar-refractivity contribution in [2.24, 2.45) is 11.8 Å². The summed E-state index contributed by atoms with van der Waals surface area (Å²) in [5, 5.41) is 11.1. The Bertz CT molecular complexity index is 775. The van der Waals surface area contributed by atoms with Crippen LogP contribution in [-0.2, 0) is 28.5 Å². The standard InChI is InChI=1S/C32H52O7/c1-24(2)13-12-14-25(38-31-17-8-10-21-36-31)19-20-27-26(15-6-4-5-7-16-30(34)35-3)28(33)23-29(27)39-32-18-9-11-22-37-32/h4,6,13,19-20,25-29,31-33H,5,7-12,14-18,21-23H2,1-3H3/t25-,26+,27+,28-,29+,31?,32?/m0/s1. The van der Waals surface area contributed by atoms with E-state index in [-0.39, 0.29) is 42.6 Å². The second kappa shape index (κ2) is 18.0. The number of carbonyl (C=O) groups excluding carboxylic acids is 1. The van der Waals surface area contributed by atoms with Crippen molar-refractivity contribution in [2.45, 2.75) is 128 Å². The minimum absolute atomic E-state index is 0.0519. The van der Waals surface area contributed by atoms with Gasteiger partial charge in [0, 0.05) is 32.0 Å². The van der Waals surface area contributed by atoms with Gasteiger partial charge in [-0.05, 0) is 90.4 Å². The van der Waals surface area contributed by atoms with Crippen molar-refractivity contribution < 1.29 is 33.6 Å². The van der Waals surface area contributed by atoms with E-state index < -0.39 is 6.10 Å². The van der Waals surface area contributed by atoms with Crippen LogP contribution in [0, 0.1) is 11.8 Å². The maximum Gasteiger partial charge on any atom is 0.305 e. The van der Waals surface area contributed by atoms with Crippen LogP contribution in [0.4, 0.5) is 0 Å². The van der Waals surface area contributed by atoms with E-state index in [2.05, 4.69) is 44.2 Å². The molecule has 0 aromatic heterocycles. The van der Waals surface area contributed by atoms with Crippen molar-refractivity contribution in [3.05, 3.63) is 36.0 Å². The van der Waals surface area contributed by atoms with Crippen LogP contribution in [-0.4, -0.2) is 62.3 Å². The molecule has 2 unspecified atom stereocenters. The molecule has 3 fully saturated rings. The van der Waals surface area contributed by atoms with E-state index in [1.54, 1.807) is 0 Å². The highest BCUT2D eigenvalue weighted by atomic mass is 16.7. The highest BCUT2D eigenvalue weighted by molar-refractivity contribution is 5.69. The molecule has 2 aliphatic heterocycles. The molecule has 1 saturated carbocycles. The zero-order chi connectivity index (χ0) is 27.9. The first-order valence-corrected chi connectivity index (χ1v) is 15.2. The molecule has 7 nitrogen and oxygen atoms in total. The summed E-state index contributed by atoms with van der Waals surface area (Å²) >= 11 is 0. The zero-order valence-electron chi connectivity index (χ0n) is 24.4. The quantitative estimate of drug-likeness (QED) is 0.144. The van der Waals surface area contributed by atoms with E-state index in [0.717, 1.165) is 83.8 Å². The Morgan fingerprint density at radius 2 is 1.77 bits per heavy atom. The fourth-order valence-electron chi connectivity index (χ4n) is 5.69. The summed E-state index contributed by atoms with van der Waals surface area (Å²) in [6.07, 6.45) is 21.4. The second-order valence-electron chi connectivity index (χ2n) is 11.4. The predicted octanol–water partition coefficient (Wildman–Crippen LogP) is 6.40. The van der Waals surface area contributed by atoms with Gasteiger partial charge in [0.2, 0.25) is 0 Å². The number of rotatable bonds is 15. The average Bonchev–Trinajstić information content (AvgIpc) is 3.23. The van der Waals surface area contributed by atoms with Gasteiger partial charge in [0.25, 0.3) is 0 Å². The van der Waals surface area contributed by atoms with E-state index in [4.69, 9.17) is 23.7 Å². The topological polar surface area (TPSA) is 83.5 Å². The number of hydrogen-bond donors (Lipinski definition) is 1. The van der Waals surface area contributed by atoms with Gasteiger partial charge < -0.3 is 28.8 Å². The maximum absolute atomic E-state index is 11.4. The normalized spacial score (nSPS) is 30.6. The summed E-state index contributed by atoms with van der Waals surface area (Å²) in [6.45, 7) is 5.74. The fourth-order valence-corrected chi connectivity index (χ4v) is 5.69. The molecule has 3 rings (SSSR count). The van der Waals surface area contributed by atoms with Gasteiger partial charge in [-0.15, -0.1) is 0 Å². The van der Waals surface area contributed by atoms with Crippen LogP contribution >= 0.6 is 0 Å². The van der Waals surface area contributed by atoms with E-state index in [9.17, 15) is 9.90 Å². The van der Waals surface area contributed by atoms with Gasteiger partial charge in [-0.25, -0.2) is 0 Å². The van der Waals surface area contributed by atoms with Gasteiger partial charge >= 0.3 is 5.97 Å². The monoisotopic (exact) mass is 548 g/mol. The van der Waals surface area contributed by atoms with Gasteiger partial charge in [-0.3, -0.25) is 4.79 Å². The third-order valence-electron chi connectivity index (χ3n) is 7.93. The highest BCUT2D eigenvalue weighted by Gasteiger charge is 2.42. The summed E-state index contributed by atoms with van der Waals surface area (Å²) in [5.74, 6) is -0.0622. The first kappa shape index (κ1) is 32.0. The number of unbranched alkanes of at least 4 members (excludes halogenated alkanes) is 1. The Morgan fingerprint density at radius 3 is 2.44 bits per heavy atom. The maximum atomic E-state index is 11.4. The summed E-state index contributed by atoms with van der Waals surface area (Å²) in [5.41, 5.74) is 1.31. The number of aliphatic hydroxyl groups excluding tert-OH is 1. The molecule has 7 heteroatoms. The SMILES string of the molecule is COC(=O)CCCC=CC[C@@H]1[C@@H](C=C[C@H](CCC=C(C)C)OC2CCCCO2)[C@H](OC2CCCCO2)C[C@@H]1O. The molecule has 0 spiro atoms. The van der Waals surface area contributed by atoms with E-state index in [1.165, 1.54) is 12.7 Å². The van der Waals surface area contributed by atoms with Crippen molar-refractivity contribution in [1.82, 2.24) is 0 Å². The summed E-state index contributed by atoms with van der Waals surface area (Å²) in [7, 11) is 1.42. The van der Waals surface area contributed by atoms with Gasteiger partial charge in [0.05, 0.1) is 25.4 Å². The molecular formula is C32H52O7. The molecule has 39 heavy (non-hydrogen) atoms. The first-order chi connectivity index (χ1) is 19.0. The third kappa shape index (κ3) is 11.9. The molecular weight excluding hydrogens is 496 g/mol. The highest BCUT2D eigenvalue weighted by Crippen LogP contribution is 2.39. The molecule has 0 bridgehead atoms. The van der Waals surface area contributed by atoms with Crippen LogP contribution < -0.4 is 0 Å². The van der Waals surface area contributed by atoms with Gasteiger partial charge in [-0.2, -0.15) is 0 Å². The van der Waals surface area contributed by atoms with Gasteiger partial charge in [0.15, 0.2) is 12.6 Å². The molecule has 2 saturated heterocycles.